The van der Waals surface area contributed by atoms with Crippen molar-refractivity contribution in [3.8, 4) is 0 Å². The van der Waals surface area contributed by atoms with E-state index in [1.165, 1.54) is 0 Å². The van der Waals surface area contributed by atoms with E-state index >= 15 is 0 Å². The predicted molar refractivity (Wildman–Crippen MR) is 112 cm³/mol. The van der Waals surface area contributed by atoms with E-state index in [4.69, 9.17) is 0 Å². The number of likely N-dealkylation sites (N-methyl/N-ethyl adjacent to an activating group) is 1. The van der Waals surface area contributed by atoms with E-state index in [2.05, 4.69) is 48.5 Å². The number of nitrogens with one attached hydrogen (secondary N) is 2. The monoisotopic (exact) mass is 453 g/mol. The Morgan fingerprint density at radius 3 is 2.08 bits per heavy atom. The zero-order valence-corrected chi connectivity index (χ0v) is 18.7. The van der Waals surface area contributed by atoms with Gasteiger partial charge in [-0.2, -0.15) is 0 Å². The number of nitrogens with zero attached hydrogens (tertiary/aromatic N) is 3. The molecule has 6 nitrogen and oxygen atoms in total. The molecule has 2 N–H and O–H groups in total. The van der Waals surface area contributed by atoms with Crippen molar-refractivity contribution in [3.63, 3.8) is 0 Å². The van der Waals surface area contributed by atoms with E-state index in [1.54, 1.807) is 11.9 Å². The smallest absolute Gasteiger partial charge is 0.230 e. The molecule has 0 unspecified atom stereocenters. The summed E-state index contributed by atoms with van der Waals surface area (Å²) in [6.07, 6.45) is 4.16. The van der Waals surface area contributed by atoms with Crippen LogP contribution in [0, 0.1) is 5.41 Å². The van der Waals surface area contributed by atoms with Crippen LogP contribution in [-0.2, 0) is 4.79 Å². The maximum Gasteiger partial charge on any atom is 0.230 e. The van der Waals surface area contributed by atoms with Crippen molar-refractivity contribution < 1.29 is 4.79 Å². The van der Waals surface area contributed by atoms with Crippen LogP contribution in [0.3, 0.4) is 0 Å². The molecular weight excluding hydrogens is 417 g/mol. The largest absolute Gasteiger partial charge is 0.355 e. The van der Waals surface area contributed by atoms with Gasteiger partial charge in [0.2, 0.25) is 5.91 Å². The molecule has 1 aliphatic carbocycles. The van der Waals surface area contributed by atoms with Crippen molar-refractivity contribution >= 4 is 35.8 Å². The Morgan fingerprint density at radius 1 is 1.12 bits per heavy atom. The number of amides is 1. The van der Waals surface area contributed by atoms with Gasteiger partial charge in [0, 0.05) is 39.8 Å². The molecule has 1 saturated carbocycles. The quantitative estimate of drug-likeness (QED) is 0.366. The van der Waals surface area contributed by atoms with E-state index in [0.717, 1.165) is 38.2 Å². The Hall–Kier alpha value is -0.570. The van der Waals surface area contributed by atoms with Crippen LogP contribution >= 0.6 is 24.0 Å². The first kappa shape index (κ1) is 23.4. The van der Waals surface area contributed by atoms with Gasteiger partial charge in [0.25, 0.3) is 0 Å². The Labute approximate surface area is 164 Å². The molecule has 0 aromatic heterocycles. The van der Waals surface area contributed by atoms with E-state index < -0.39 is 0 Å². The van der Waals surface area contributed by atoms with Crippen LogP contribution < -0.4 is 10.6 Å². The SMILES string of the molecule is CN=C(NCC1(C(=O)N(C)C)CCCC1)NCC(C)(C)N(C)C.I. The van der Waals surface area contributed by atoms with Gasteiger partial charge in [0.1, 0.15) is 0 Å². The number of carbonyl (C=O) groups excluding carboxylic acids is 1. The number of rotatable bonds is 6. The van der Waals surface area contributed by atoms with Crippen LogP contribution in [0.5, 0.6) is 0 Å². The minimum atomic E-state index is -0.280. The fourth-order valence-electron chi connectivity index (χ4n) is 2.92. The lowest BCUT2D eigenvalue weighted by Crippen LogP contribution is -2.53. The number of guanidine groups is 1. The zero-order chi connectivity index (χ0) is 17.7. The first-order valence-corrected chi connectivity index (χ1v) is 8.48. The van der Waals surface area contributed by atoms with Crippen LogP contribution in [0.4, 0.5) is 0 Å². The first-order valence-electron chi connectivity index (χ1n) is 8.48. The van der Waals surface area contributed by atoms with E-state index in [0.29, 0.717) is 6.54 Å². The average molecular weight is 453 g/mol. The second-order valence-corrected chi connectivity index (χ2v) is 7.67. The van der Waals surface area contributed by atoms with Crippen molar-refractivity contribution in [2.75, 3.05) is 48.3 Å². The number of halogens is 1. The van der Waals surface area contributed by atoms with Crippen molar-refractivity contribution in [1.29, 1.82) is 0 Å². The first-order chi connectivity index (χ1) is 10.6. The minimum Gasteiger partial charge on any atom is -0.355 e. The molecule has 0 heterocycles. The van der Waals surface area contributed by atoms with E-state index in [1.807, 2.05) is 14.1 Å². The molecular formula is C17H36IN5O. The summed E-state index contributed by atoms with van der Waals surface area (Å²) >= 11 is 0. The lowest BCUT2D eigenvalue weighted by Gasteiger charge is -2.34. The summed E-state index contributed by atoms with van der Waals surface area (Å²) in [6.45, 7) is 5.79. The summed E-state index contributed by atoms with van der Waals surface area (Å²) in [5.74, 6) is 0.990. The van der Waals surface area contributed by atoms with Gasteiger partial charge in [-0.05, 0) is 40.8 Å². The predicted octanol–water partition coefficient (Wildman–Crippen LogP) is 1.76. The van der Waals surface area contributed by atoms with Crippen molar-refractivity contribution in [1.82, 2.24) is 20.4 Å². The summed E-state index contributed by atoms with van der Waals surface area (Å²) in [5.41, 5.74) is -0.250. The maximum absolute atomic E-state index is 12.6. The molecule has 0 aromatic rings. The fourth-order valence-corrected chi connectivity index (χ4v) is 2.92. The van der Waals surface area contributed by atoms with E-state index in [9.17, 15) is 4.79 Å². The molecule has 7 heteroatoms. The topological polar surface area (TPSA) is 60.0 Å². The molecule has 0 radical (unpaired) electrons. The molecule has 0 bridgehead atoms. The minimum absolute atomic E-state index is 0. The average Bonchev–Trinajstić information content (AvgIpc) is 2.96. The van der Waals surface area contributed by atoms with Gasteiger partial charge in [0.15, 0.2) is 5.96 Å². The zero-order valence-electron chi connectivity index (χ0n) is 16.4. The van der Waals surface area contributed by atoms with Gasteiger partial charge in [-0.1, -0.05) is 12.8 Å². The molecule has 0 saturated heterocycles. The third-order valence-corrected chi connectivity index (χ3v) is 5.14. The van der Waals surface area contributed by atoms with Gasteiger partial charge in [0.05, 0.1) is 5.41 Å². The Bertz CT molecular complexity index is 429. The fraction of sp³-hybridized carbons (Fsp3) is 0.882. The summed E-state index contributed by atoms with van der Waals surface area (Å²) < 4.78 is 0. The molecule has 142 valence electrons. The standard InChI is InChI=1S/C17H35N5O.HI/c1-16(2,22(6)7)12-19-15(18-3)20-13-17(10-8-9-11-17)14(23)21(4)5;/h8-13H2,1-7H3,(H2,18,19,20);1H. The molecule has 0 spiro atoms. The molecule has 1 aliphatic rings. The molecule has 1 amide bonds. The molecule has 0 atom stereocenters. The van der Waals surface area contributed by atoms with Crippen molar-refractivity contribution in [3.05, 3.63) is 0 Å². The van der Waals surface area contributed by atoms with Gasteiger partial charge in [-0.15, -0.1) is 24.0 Å². The molecule has 0 aliphatic heterocycles. The summed E-state index contributed by atoms with van der Waals surface area (Å²) in [6, 6.07) is 0. The molecule has 1 fully saturated rings. The van der Waals surface area contributed by atoms with Crippen molar-refractivity contribution in [2.24, 2.45) is 10.4 Å². The van der Waals surface area contributed by atoms with Gasteiger partial charge in [-0.3, -0.25) is 9.79 Å². The van der Waals surface area contributed by atoms with Crippen LogP contribution in [0.2, 0.25) is 0 Å². The molecule has 1 rings (SSSR count). The highest BCUT2D eigenvalue weighted by Crippen LogP contribution is 2.38. The second kappa shape index (κ2) is 9.79. The van der Waals surface area contributed by atoms with Gasteiger partial charge >= 0.3 is 0 Å². The highest BCUT2D eigenvalue weighted by molar-refractivity contribution is 14.0. The highest BCUT2D eigenvalue weighted by atomic mass is 127. The van der Waals surface area contributed by atoms with E-state index in [-0.39, 0.29) is 40.8 Å². The van der Waals surface area contributed by atoms with Gasteiger partial charge in [-0.25, -0.2) is 0 Å². The number of hydrogen-bond donors (Lipinski definition) is 2. The summed E-state index contributed by atoms with van der Waals surface area (Å²) in [7, 11) is 9.60. The summed E-state index contributed by atoms with van der Waals surface area (Å²) in [4.78, 5) is 20.8. The van der Waals surface area contributed by atoms with Gasteiger partial charge < -0.3 is 20.4 Å². The Balaban J connectivity index is 0.00000529. The molecule has 24 heavy (non-hydrogen) atoms. The van der Waals surface area contributed by atoms with Crippen LogP contribution in [0.1, 0.15) is 39.5 Å². The lowest BCUT2D eigenvalue weighted by atomic mass is 9.84. The number of aliphatic imine (C=N–C) groups is 1. The third-order valence-electron chi connectivity index (χ3n) is 5.14. The maximum atomic E-state index is 12.6. The van der Waals surface area contributed by atoms with Crippen molar-refractivity contribution in [2.45, 2.75) is 45.1 Å². The highest BCUT2D eigenvalue weighted by Gasteiger charge is 2.42. The molecule has 0 aromatic carbocycles. The second-order valence-electron chi connectivity index (χ2n) is 7.67. The third kappa shape index (κ3) is 6.06. The summed E-state index contributed by atoms with van der Waals surface area (Å²) in [5, 5.41) is 6.75. The lowest BCUT2D eigenvalue weighted by molar-refractivity contribution is -0.138. The Morgan fingerprint density at radius 2 is 1.67 bits per heavy atom. The number of hydrogen-bond acceptors (Lipinski definition) is 3. The van der Waals surface area contributed by atoms with Crippen LogP contribution in [0.15, 0.2) is 4.99 Å². The Kier molecular flexibility index (Phi) is 9.56. The number of carbonyl (C=O) groups is 1. The van der Waals surface area contributed by atoms with Crippen LogP contribution in [0.25, 0.3) is 0 Å². The normalized spacial score (nSPS) is 17.4. The van der Waals surface area contributed by atoms with Crippen LogP contribution in [-0.4, -0.2) is 75.5 Å².